The maximum atomic E-state index is 15.2. The average molecular weight is 373 g/mol. The van der Waals surface area contributed by atoms with E-state index in [0.717, 1.165) is 44.3 Å². The standard InChI is InChI=1S/C20H24FN3O3/c1-10-16-13(11-2-3-11)8-14(20(26)27)19(25)24(16)9-15(21)17(10)23-7-5-12-4-6-22-18(12)23/h8-9,11-13,16,18,22H,2-7H2,1H3,(H,26,27). The zero-order valence-corrected chi connectivity index (χ0v) is 15.3. The van der Waals surface area contributed by atoms with Gasteiger partial charge in [0.25, 0.3) is 5.91 Å². The van der Waals surface area contributed by atoms with Crippen LogP contribution in [0.3, 0.4) is 0 Å². The minimum absolute atomic E-state index is 0.0666. The van der Waals surface area contributed by atoms with Crippen molar-refractivity contribution in [2.45, 2.75) is 44.8 Å². The number of carbonyl (C=O) groups excluding carboxylic acids is 1. The lowest BCUT2D eigenvalue weighted by Crippen LogP contribution is -2.51. The Morgan fingerprint density at radius 3 is 2.74 bits per heavy atom. The summed E-state index contributed by atoms with van der Waals surface area (Å²) in [6.07, 6.45) is 7.23. The second kappa shape index (κ2) is 5.92. The van der Waals surface area contributed by atoms with Crippen molar-refractivity contribution in [2.75, 3.05) is 13.1 Å². The largest absolute Gasteiger partial charge is 0.478 e. The first-order valence-electron chi connectivity index (χ1n) is 9.83. The van der Waals surface area contributed by atoms with Crippen LogP contribution < -0.4 is 5.32 Å². The van der Waals surface area contributed by atoms with Crippen LogP contribution in [0.4, 0.5) is 4.39 Å². The Balaban J connectivity index is 1.58. The molecule has 0 spiro atoms. The van der Waals surface area contributed by atoms with E-state index >= 15 is 4.39 Å². The molecule has 2 N–H and O–H groups in total. The first-order valence-corrected chi connectivity index (χ1v) is 9.83. The number of aliphatic carboxylic acids is 1. The molecule has 0 aromatic carbocycles. The topological polar surface area (TPSA) is 72.9 Å². The molecule has 6 nitrogen and oxygen atoms in total. The number of hydrogen-bond donors (Lipinski definition) is 2. The molecule has 4 atom stereocenters. The molecule has 4 aliphatic heterocycles. The van der Waals surface area contributed by atoms with Crippen molar-refractivity contribution in [1.82, 2.24) is 15.1 Å². The second-order valence-electron chi connectivity index (χ2n) is 8.40. The molecule has 5 aliphatic rings. The molecule has 7 heteroatoms. The Morgan fingerprint density at radius 1 is 1.26 bits per heavy atom. The predicted octanol–water partition coefficient (Wildman–Crippen LogP) is 1.97. The zero-order chi connectivity index (χ0) is 18.9. The van der Waals surface area contributed by atoms with Crippen LogP contribution in [0.1, 0.15) is 32.6 Å². The normalized spacial score (nSPS) is 35.9. The molecule has 1 amide bonds. The van der Waals surface area contributed by atoms with Crippen molar-refractivity contribution in [3.05, 3.63) is 34.9 Å². The van der Waals surface area contributed by atoms with Gasteiger partial charge in [-0.2, -0.15) is 0 Å². The maximum absolute atomic E-state index is 15.2. The van der Waals surface area contributed by atoms with Crippen LogP contribution in [0.15, 0.2) is 34.9 Å². The van der Waals surface area contributed by atoms with Gasteiger partial charge in [0.2, 0.25) is 0 Å². The lowest BCUT2D eigenvalue weighted by atomic mass is 9.81. The van der Waals surface area contributed by atoms with Gasteiger partial charge in [-0.25, -0.2) is 9.18 Å². The summed E-state index contributed by atoms with van der Waals surface area (Å²) in [5.74, 6) is -1.45. The molecule has 2 saturated heterocycles. The van der Waals surface area contributed by atoms with Crippen LogP contribution in [0.25, 0.3) is 0 Å². The third-order valence-corrected chi connectivity index (χ3v) is 6.86. The number of rotatable bonds is 3. The third kappa shape index (κ3) is 2.47. The lowest BCUT2D eigenvalue weighted by Gasteiger charge is -2.43. The van der Waals surface area contributed by atoms with Gasteiger partial charge in [-0.15, -0.1) is 0 Å². The number of likely N-dealkylation sites (tertiary alicyclic amines) is 1. The van der Waals surface area contributed by atoms with E-state index in [1.807, 2.05) is 6.92 Å². The van der Waals surface area contributed by atoms with Crippen LogP contribution in [-0.2, 0) is 9.59 Å². The fourth-order valence-electron chi connectivity index (χ4n) is 5.46. The van der Waals surface area contributed by atoms with Gasteiger partial charge in [0.15, 0.2) is 5.83 Å². The van der Waals surface area contributed by atoms with Crippen molar-refractivity contribution < 1.29 is 19.1 Å². The summed E-state index contributed by atoms with van der Waals surface area (Å²) in [5.41, 5.74) is 1.21. The van der Waals surface area contributed by atoms with E-state index < -0.39 is 17.7 Å². The number of halogens is 1. The molecular weight excluding hydrogens is 349 g/mol. The number of nitrogens with zero attached hydrogens (tertiary/aromatic N) is 2. The van der Waals surface area contributed by atoms with E-state index in [0.29, 0.717) is 17.5 Å². The molecule has 5 rings (SSSR count). The van der Waals surface area contributed by atoms with Crippen LogP contribution in [0, 0.1) is 17.8 Å². The fraction of sp³-hybridized carbons (Fsp3) is 0.600. The van der Waals surface area contributed by atoms with Crippen molar-refractivity contribution in [2.24, 2.45) is 17.8 Å². The van der Waals surface area contributed by atoms with Crippen molar-refractivity contribution in [3.63, 3.8) is 0 Å². The molecule has 1 aliphatic carbocycles. The average Bonchev–Trinajstić information content (AvgIpc) is 3.23. The molecule has 144 valence electrons. The maximum Gasteiger partial charge on any atom is 0.341 e. The Bertz CT molecular complexity index is 813. The second-order valence-corrected chi connectivity index (χ2v) is 8.40. The van der Waals surface area contributed by atoms with Crippen LogP contribution >= 0.6 is 0 Å². The highest BCUT2D eigenvalue weighted by Gasteiger charge is 2.49. The molecule has 0 bridgehead atoms. The third-order valence-electron chi connectivity index (χ3n) is 6.86. The monoisotopic (exact) mass is 373 g/mol. The molecule has 27 heavy (non-hydrogen) atoms. The number of carbonyl (C=O) groups is 2. The summed E-state index contributed by atoms with van der Waals surface area (Å²) < 4.78 is 15.2. The fourth-order valence-corrected chi connectivity index (χ4v) is 5.46. The number of fused-ring (bicyclic) bond motifs is 2. The quantitative estimate of drug-likeness (QED) is 0.740. The molecule has 4 unspecified atom stereocenters. The lowest BCUT2D eigenvalue weighted by molar-refractivity contribution is -0.138. The van der Waals surface area contributed by atoms with Crippen LogP contribution in [0.5, 0.6) is 0 Å². The van der Waals surface area contributed by atoms with Gasteiger partial charge in [0.05, 0.1) is 17.9 Å². The van der Waals surface area contributed by atoms with Gasteiger partial charge < -0.3 is 14.9 Å². The highest BCUT2D eigenvalue weighted by molar-refractivity contribution is 6.16. The number of hydrogen-bond acceptors (Lipinski definition) is 4. The summed E-state index contributed by atoms with van der Waals surface area (Å²) in [7, 11) is 0. The first-order chi connectivity index (χ1) is 13.0. The highest BCUT2D eigenvalue weighted by atomic mass is 19.1. The Hall–Kier alpha value is -2.15. The molecule has 3 fully saturated rings. The number of amides is 1. The molecule has 4 heterocycles. The molecule has 1 saturated carbocycles. The highest BCUT2D eigenvalue weighted by Crippen LogP contribution is 2.48. The Labute approximate surface area is 157 Å². The first kappa shape index (κ1) is 17.0. The van der Waals surface area contributed by atoms with E-state index in [2.05, 4.69) is 10.2 Å². The van der Waals surface area contributed by atoms with Gasteiger partial charge in [-0.05, 0) is 56.6 Å². The van der Waals surface area contributed by atoms with E-state index in [-0.39, 0.29) is 23.7 Å². The summed E-state index contributed by atoms with van der Waals surface area (Å²) >= 11 is 0. The number of carboxylic acid groups (broad SMARTS) is 1. The summed E-state index contributed by atoms with van der Waals surface area (Å²) in [5, 5.41) is 12.9. The summed E-state index contributed by atoms with van der Waals surface area (Å²) in [6.45, 7) is 3.66. The van der Waals surface area contributed by atoms with Gasteiger partial charge >= 0.3 is 5.97 Å². The molecule has 0 aromatic heterocycles. The van der Waals surface area contributed by atoms with Gasteiger partial charge in [-0.1, -0.05) is 6.08 Å². The zero-order valence-electron chi connectivity index (χ0n) is 15.3. The van der Waals surface area contributed by atoms with E-state index in [1.54, 1.807) is 6.08 Å². The van der Waals surface area contributed by atoms with Crippen molar-refractivity contribution in [1.29, 1.82) is 0 Å². The van der Waals surface area contributed by atoms with Crippen molar-refractivity contribution >= 4 is 11.9 Å². The minimum Gasteiger partial charge on any atom is -0.478 e. The number of nitrogens with one attached hydrogen (secondary N) is 1. The smallest absolute Gasteiger partial charge is 0.341 e. The summed E-state index contributed by atoms with van der Waals surface area (Å²) in [6, 6.07) is -0.289. The van der Waals surface area contributed by atoms with E-state index in [1.165, 1.54) is 11.1 Å². The number of carboxylic acids is 1. The molecule has 0 aromatic rings. The van der Waals surface area contributed by atoms with Gasteiger partial charge in [0, 0.05) is 18.7 Å². The van der Waals surface area contributed by atoms with Crippen molar-refractivity contribution in [3.8, 4) is 0 Å². The van der Waals surface area contributed by atoms with Crippen LogP contribution in [-0.4, -0.2) is 52.1 Å². The SMILES string of the molecule is CC1=C(N2CCC3CCNC32)C(F)=CN2C(=O)C(C(=O)O)=CC(C3CC3)C12. The predicted molar refractivity (Wildman–Crippen MR) is 95.7 cm³/mol. The summed E-state index contributed by atoms with van der Waals surface area (Å²) in [4.78, 5) is 27.7. The number of allylic oxidation sites excluding steroid dienone is 1. The van der Waals surface area contributed by atoms with Crippen LogP contribution in [0.2, 0.25) is 0 Å². The van der Waals surface area contributed by atoms with Gasteiger partial charge in [0.1, 0.15) is 5.57 Å². The molecule has 0 radical (unpaired) electrons. The van der Waals surface area contributed by atoms with E-state index in [9.17, 15) is 14.7 Å². The van der Waals surface area contributed by atoms with E-state index in [4.69, 9.17) is 0 Å². The minimum atomic E-state index is -1.23. The Kier molecular flexibility index (Phi) is 3.73. The molecular formula is C20H24FN3O3. The van der Waals surface area contributed by atoms with Gasteiger partial charge in [-0.3, -0.25) is 10.1 Å². The Morgan fingerprint density at radius 2 is 2.04 bits per heavy atom.